The topological polar surface area (TPSA) is 17.4 Å². The lowest BCUT2D eigenvalue weighted by molar-refractivity contribution is -0.0369. The zero-order valence-electron chi connectivity index (χ0n) is 14.1. The lowest BCUT2D eigenvalue weighted by Crippen LogP contribution is -2.32. The average Bonchev–Trinajstić information content (AvgIpc) is 2.75. The fourth-order valence-electron chi connectivity index (χ4n) is 3.57. The smallest absolute Gasteiger partial charge is 0.103 e. The van der Waals surface area contributed by atoms with E-state index in [1.54, 1.807) is 0 Å². The zero-order valence-corrected chi connectivity index (χ0v) is 14.9. The van der Waals surface area contributed by atoms with Gasteiger partial charge in [0.2, 0.25) is 0 Å². The Labute approximate surface area is 139 Å². The molecule has 2 aromatic rings. The molecule has 0 N–H and O–H groups in total. The first kappa shape index (κ1) is 17.3. The number of para-hydroxylation sites is 1. The molecule has 1 aromatic carbocycles. The molecule has 0 bridgehead atoms. The second-order valence-corrected chi connectivity index (χ2v) is 6.76. The van der Waals surface area contributed by atoms with Crippen LogP contribution in [0.5, 0.6) is 0 Å². The van der Waals surface area contributed by atoms with Crippen molar-refractivity contribution in [2.24, 2.45) is 0 Å². The Balaban J connectivity index is 0.00000176. The molecular formula is C18H27ClN2O. The molecular weight excluding hydrogens is 296 g/mol. The predicted octanol–water partition coefficient (Wildman–Crippen LogP) is 3.82. The van der Waals surface area contributed by atoms with Crippen molar-refractivity contribution in [1.82, 2.24) is 9.47 Å². The molecule has 1 aliphatic heterocycles. The van der Waals surface area contributed by atoms with Gasteiger partial charge in [-0.15, -0.1) is 12.4 Å². The van der Waals surface area contributed by atoms with Crippen molar-refractivity contribution in [2.75, 3.05) is 27.2 Å². The molecule has 0 aliphatic carbocycles. The van der Waals surface area contributed by atoms with E-state index in [0.29, 0.717) is 0 Å². The summed E-state index contributed by atoms with van der Waals surface area (Å²) < 4.78 is 8.55. The third kappa shape index (κ3) is 3.03. The molecule has 0 amide bonds. The van der Waals surface area contributed by atoms with Crippen LogP contribution in [-0.2, 0) is 23.3 Å². The van der Waals surface area contributed by atoms with Gasteiger partial charge in [0, 0.05) is 17.4 Å². The van der Waals surface area contributed by atoms with Crippen LogP contribution >= 0.6 is 12.4 Å². The van der Waals surface area contributed by atoms with Crippen LogP contribution in [0.25, 0.3) is 10.9 Å². The van der Waals surface area contributed by atoms with Crippen LogP contribution in [0.4, 0.5) is 0 Å². The predicted molar refractivity (Wildman–Crippen MR) is 95.0 cm³/mol. The fourth-order valence-corrected chi connectivity index (χ4v) is 3.57. The third-order valence-electron chi connectivity index (χ3n) is 4.45. The van der Waals surface area contributed by atoms with Crippen molar-refractivity contribution in [2.45, 2.75) is 38.8 Å². The number of halogens is 1. The van der Waals surface area contributed by atoms with Gasteiger partial charge in [-0.1, -0.05) is 18.2 Å². The zero-order chi connectivity index (χ0) is 15.0. The number of benzene rings is 1. The average molecular weight is 323 g/mol. The number of nitrogens with zero attached hydrogens (tertiary/aromatic N) is 2. The summed E-state index contributed by atoms with van der Waals surface area (Å²) in [6, 6.07) is 8.80. The van der Waals surface area contributed by atoms with E-state index >= 15 is 0 Å². The summed E-state index contributed by atoms with van der Waals surface area (Å²) in [5, 5.41) is 1.41. The lowest BCUT2D eigenvalue weighted by atomic mass is 9.94. The molecule has 0 atom stereocenters. The Morgan fingerprint density at radius 1 is 1.23 bits per heavy atom. The number of rotatable bonds is 4. The number of hydrogen-bond acceptors (Lipinski definition) is 2. The Kier molecular flexibility index (Phi) is 5.21. The number of fused-ring (bicyclic) bond motifs is 3. The van der Waals surface area contributed by atoms with Crippen molar-refractivity contribution in [3.05, 3.63) is 35.5 Å². The van der Waals surface area contributed by atoms with E-state index in [-0.39, 0.29) is 18.0 Å². The van der Waals surface area contributed by atoms with Crippen molar-refractivity contribution in [3.63, 3.8) is 0 Å². The van der Waals surface area contributed by atoms with E-state index in [9.17, 15) is 0 Å². The van der Waals surface area contributed by atoms with Crippen LogP contribution in [0.3, 0.4) is 0 Å². The van der Waals surface area contributed by atoms with E-state index in [2.05, 4.69) is 61.7 Å². The van der Waals surface area contributed by atoms with Crippen molar-refractivity contribution in [3.8, 4) is 0 Å². The summed E-state index contributed by atoms with van der Waals surface area (Å²) in [6.45, 7) is 7.40. The molecule has 0 saturated heterocycles. The fraction of sp³-hybridized carbons (Fsp3) is 0.556. The molecule has 22 heavy (non-hydrogen) atoms. The Morgan fingerprint density at radius 3 is 2.68 bits per heavy atom. The maximum absolute atomic E-state index is 6.06. The molecule has 0 spiro atoms. The molecule has 0 fully saturated rings. The van der Waals surface area contributed by atoms with Gasteiger partial charge in [0.1, 0.15) is 5.60 Å². The summed E-state index contributed by atoms with van der Waals surface area (Å²) in [5.41, 5.74) is 4.05. The van der Waals surface area contributed by atoms with Gasteiger partial charge >= 0.3 is 0 Å². The Bertz CT molecular complexity index is 646. The van der Waals surface area contributed by atoms with Gasteiger partial charge in [-0.25, -0.2) is 0 Å². The lowest BCUT2D eigenvalue weighted by Gasteiger charge is -2.33. The molecule has 2 heterocycles. The summed E-state index contributed by atoms with van der Waals surface area (Å²) in [4.78, 5) is 2.25. The van der Waals surface area contributed by atoms with Crippen LogP contribution in [-0.4, -0.2) is 36.7 Å². The SMILES string of the molecule is CN(C)CCCn1c2c(c3ccccc31)CCOC2(C)C.Cl. The second-order valence-electron chi connectivity index (χ2n) is 6.76. The Hall–Kier alpha value is -1.03. The van der Waals surface area contributed by atoms with Crippen LogP contribution in [0.1, 0.15) is 31.5 Å². The van der Waals surface area contributed by atoms with Gasteiger partial charge in [0.25, 0.3) is 0 Å². The van der Waals surface area contributed by atoms with Gasteiger partial charge in [-0.2, -0.15) is 0 Å². The largest absolute Gasteiger partial charge is 0.369 e. The number of ether oxygens (including phenoxy) is 1. The molecule has 3 rings (SSSR count). The first-order valence-electron chi connectivity index (χ1n) is 7.90. The number of aryl methyl sites for hydroxylation is 1. The number of aromatic nitrogens is 1. The molecule has 122 valence electrons. The molecule has 3 nitrogen and oxygen atoms in total. The third-order valence-corrected chi connectivity index (χ3v) is 4.45. The highest BCUT2D eigenvalue weighted by molar-refractivity contribution is 5.86. The van der Waals surface area contributed by atoms with Gasteiger partial charge in [0.15, 0.2) is 0 Å². The van der Waals surface area contributed by atoms with Gasteiger partial charge < -0.3 is 14.2 Å². The summed E-state index contributed by atoms with van der Waals surface area (Å²) in [5.74, 6) is 0. The minimum absolute atomic E-state index is 0. The number of hydrogen-bond donors (Lipinski definition) is 0. The van der Waals surface area contributed by atoms with Crippen molar-refractivity contribution >= 4 is 23.3 Å². The quantitative estimate of drug-likeness (QED) is 0.851. The van der Waals surface area contributed by atoms with Crippen LogP contribution < -0.4 is 0 Å². The molecule has 1 aromatic heterocycles. The van der Waals surface area contributed by atoms with Crippen LogP contribution in [0, 0.1) is 0 Å². The van der Waals surface area contributed by atoms with E-state index in [4.69, 9.17) is 4.74 Å². The van der Waals surface area contributed by atoms with Crippen molar-refractivity contribution in [1.29, 1.82) is 0 Å². The molecule has 4 heteroatoms. The first-order chi connectivity index (χ1) is 10.0. The molecule has 0 radical (unpaired) electrons. The highest BCUT2D eigenvalue weighted by Crippen LogP contribution is 2.39. The van der Waals surface area contributed by atoms with E-state index in [1.807, 2.05) is 0 Å². The van der Waals surface area contributed by atoms with E-state index in [1.165, 1.54) is 22.2 Å². The van der Waals surface area contributed by atoms with Crippen LogP contribution in [0.2, 0.25) is 0 Å². The maximum Gasteiger partial charge on any atom is 0.103 e. The molecule has 1 aliphatic rings. The normalized spacial score (nSPS) is 16.6. The van der Waals surface area contributed by atoms with Gasteiger partial charge in [-0.05, 0) is 59.0 Å². The first-order valence-corrected chi connectivity index (χ1v) is 7.90. The standard InChI is InChI=1S/C18H26N2O.ClH/c1-18(2)17-15(10-13-21-18)14-8-5-6-9-16(14)20(17)12-7-11-19(3)4;/h5-6,8-9H,7,10-13H2,1-4H3;1H. The van der Waals surface area contributed by atoms with E-state index < -0.39 is 0 Å². The van der Waals surface area contributed by atoms with Crippen LogP contribution in [0.15, 0.2) is 24.3 Å². The Morgan fingerprint density at radius 2 is 1.95 bits per heavy atom. The van der Waals surface area contributed by atoms with Gasteiger partial charge in [0.05, 0.1) is 12.3 Å². The maximum atomic E-state index is 6.06. The summed E-state index contributed by atoms with van der Waals surface area (Å²) in [7, 11) is 4.27. The highest BCUT2D eigenvalue weighted by atomic mass is 35.5. The molecule has 0 saturated carbocycles. The second kappa shape index (κ2) is 6.61. The minimum atomic E-state index is -0.190. The molecule has 0 unspecified atom stereocenters. The summed E-state index contributed by atoms with van der Waals surface area (Å²) >= 11 is 0. The summed E-state index contributed by atoms with van der Waals surface area (Å²) in [6.07, 6.45) is 2.19. The highest BCUT2D eigenvalue weighted by Gasteiger charge is 2.33. The van der Waals surface area contributed by atoms with Gasteiger partial charge in [-0.3, -0.25) is 0 Å². The van der Waals surface area contributed by atoms with Crippen molar-refractivity contribution < 1.29 is 4.74 Å². The minimum Gasteiger partial charge on any atom is -0.369 e. The van der Waals surface area contributed by atoms with E-state index in [0.717, 1.165) is 32.5 Å². The monoisotopic (exact) mass is 322 g/mol.